The molecule has 1 fully saturated rings. The summed E-state index contributed by atoms with van der Waals surface area (Å²) in [5, 5.41) is 12.7. The minimum absolute atomic E-state index is 0.0753. The molecule has 0 heterocycles. The van der Waals surface area contributed by atoms with Gasteiger partial charge in [-0.15, -0.1) is 0 Å². The van der Waals surface area contributed by atoms with Crippen molar-refractivity contribution in [3.8, 4) is 5.75 Å². The summed E-state index contributed by atoms with van der Waals surface area (Å²) in [6.07, 6.45) is 4.85. The zero-order valence-corrected chi connectivity index (χ0v) is 13.4. The van der Waals surface area contributed by atoms with Gasteiger partial charge in [0.05, 0.1) is 12.7 Å². The predicted octanol–water partition coefficient (Wildman–Crippen LogP) is 2.69. The summed E-state index contributed by atoms with van der Waals surface area (Å²) in [5.41, 5.74) is 1.08. The van der Waals surface area contributed by atoms with Crippen molar-refractivity contribution in [2.24, 2.45) is 5.92 Å². The SMILES string of the molecule is CCOc1ccccc1CCC(=O)NCC1CCCC(O)C1. The summed E-state index contributed by atoms with van der Waals surface area (Å²) in [6.45, 7) is 3.28. The lowest BCUT2D eigenvalue weighted by molar-refractivity contribution is -0.121. The van der Waals surface area contributed by atoms with Crippen LogP contribution in [0.25, 0.3) is 0 Å². The number of nitrogens with one attached hydrogen (secondary N) is 1. The van der Waals surface area contributed by atoms with Crippen molar-refractivity contribution in [1.82, 2.24) is 5.32 Å². The molecule has 22 heavy (non-hydrogen) atoms. The third-order valence-corrected chi connectivity index (χ3v) is 4.24. The van der Waals surface area contributed by atoms with E-state index in [0.29, 0.717) is 31.9 Å². The number of hydrogen-bond donors (Lipinski definition) is 2. The molecule has 0 aromatic heterocycles. The maximum atomic E-state index is 12.0. The van der Waals surface area contributed by atoms with Crippen molar-refractivity contribution in [3.63, 3.8) is 0 Å². The van der Waals surface area contributed by atoms with Gasteiger partial charge in [-0.3, -0.25) is 4.79 Å². The fourth-order valence-electron chi connectivity index (χ4n) is 3.05. The quantitative estimate of drug-likeness (QED) is 0.814. The number of ether oxygens (including phenoxy) is 1. The van der Waals surface area contributed by atoms with Gasteiger partial charge >= 0.3 is 0 Å². The first kappa shape index (κ1) is 16.8. The van der Waals surface area contributed by atoms with Gasteiger partial charge < -0.3 is 15.2 Å². The van der Waals surface area contributed by atoms with Crippen molar-refractivity contribution < 1.29 is 14.6 Å². The first-order valence-corrected chi connectivity index (χ1v) is 8.34. The van der Waals surface area contributed by atoms with Gasteiger partial charge in [0.15, 0.2) is 0 Å². The lowest BCUT2D eigenvalue weighted by atomic mass is 9.87. The summed E-state index contributed by atoms with van der Waals surface area (Å²) >= 11 is 0. The maximum Gasteiger partial charge on any atom is 0.220 e. The number of aliphatic hydroxyl groups is 1. The Labute approximate surface area is 132 Å². The Morgan fingerprint density at radius 1 is 1.36 bits per heavy atom. The van der Waals surface area contributed by atoms with Gasteiger partial charge in [0, 0.05) is 13.0 Å². The van der Waals surface area contributed by atoms with Crippen molar-refractivity contribution in [3.05, 3.63) is 29.8 Å². The molecule has 2 atom stereocenters. The zero-order valence-electron chi connectivity index (χ0n) is 13.4. The Kier molecular flexibility index (Phi) is 6.72. The number of carbonyl (C=O) groups is 1. The number of rotatable bonds is 7. The molecule has 1 aliphatic rings. The second-order valence-corrected chi connectivity index (χ2v) is 6.03. The van der Waals surface area contributed by atoms with E-state index >= 15 is 0 Å². The summed E-state index contributed by atoms with van der Waals surface area (Å²) in [4.78, 5) is 12.0. The van der Waals surface area contributed by atoms with Crippen molar-refractivity contribution in [2.45, 2.75) is 51.6 Å². The largest absolute Gasteiger partial charge is 0.494 e. The third-order valence-electron chi connectivity index (χ3n) is 4.24. The maximum absolute atomic E-state index is 12.0. The van der Waals surface area contributed by atoms with E-state index in [9.17, 15) is 9.90 Å². The van der Waals surface area contributed by atoms with Gasteiger partial charge in [-0.25, -0.2) is 0 Å². The number of hydrogen-bond acceptors (Lipinski definition) is 3. The van der Waals surface area contributed by atoms with Crippen LogP contribution in [0, 0.1) is 5.92 Å². The highest BCUT2D eigenvalue weighted by atomic mass is 16.5. The number of benzene rings is 1. The van der Waals surface area contributed by atoms with E-state index in [-0.39, 0.29) is 12.0 Å². The summed E-state index contributed by atoms with van der Waals surface area (Å²) < 4.78 is 5.58. The number of para-hydroxylation sites is 1. The lowest BCUT2D eigenvalue weighted by Crippen LogP contribution is -2.33. The number of amides is 1. The Balaban J connectivity index is 1.73. The highest BCUT2D eigenvalue weighted by molar-refractivity contribution is 5.76. The molecule has 122 valence electrons. The summed E-state index contributed by atoms with van der Waals surface area (Å²) in [6, 6.07) is 7.87. The minimum Gasteiger partial charge on any atom is -0.494 e. The summed E-state index contributed by atoms with van der Waals surface area (Å²) in [7, 11) is 0. The summed E-state index contributed by atoms with van der Waals surface area (Å²) in [5.74, 6) is 1.36. The van der Waals surface area contributed by atoms with Crippen LogP contribution in [0.2, 0.25) is 0 Å². The topological polar surface area (TPSA) is 58.6 Å². The van der Waals surface area contributed by atoms with Gasteiger partial charge in [0.25, 0.3) is 0 Å². The highest BCUT2D eigenvalue weighted by Crippen LogP contribution is 2.23. The molecular weight excluding hydrogens is 278 g/mol. The second kappa shape index (κ2) is 8.79. The van der Waals surface area contributed by atoms with Crippen LogP contribution in [0.3, 0.4) is 0 Å². The normalized spacial score (nSPS) is 21.4. The average Bonchev–Trinajstić information content (AvgIpc) is 2.52. The second-order valence-electron chi connectivity index (χ2n) is 6.03. The van der Waals surface area contributed by atoms with E-state index in [4.69, 9.17) is 4.74 Å². The van der Waals surface area contributed by atoms with Gasteiger partial charge in [-0.1, -0.05) is 24.6 Å². The molecule has 1 aliphatic carbocycles. The fourth-order valence-corrected chi connectivity index (χ4v) is 3.05. The molecule has 1 aromatic rings. The van der Waals surface area contributed by atoms with Crippen molar-refractivity contribution >= 4 is 5.91 Å². The Morgan fingerprint density at radius 3 is 2.95 bits per heavy atom. The minimum atomic E-state index is -0.186. The highest BCUT2D eigenvalue weighted by Gasteiger charge is 2.20. The molecule has 4 nitrogen and oxygen atoms in total. The van der Waals surface area contributed by atoms with Gasteiger partial charge in [0.2, 0.25) is 5.91 Å². The average molecular weight is 305 g/mol. The molecule has 0 spiro atoms. The molecule has 2 rings (SSSR count). The van der Waals surface area contributed by atoms with E-state index in [1.165, 1.54) is 0 Å². The molecular formula is C18H27NO3. The molecule has 1 saturated carbocycles. The smallest absolute Gasteiger partial charge is 0.220 e. The lowest BCUT2D eigenvalue weighted by Gasteiger charge is -2.25. The molecule has 2 N–H and O–H groups in total. The van der Waals surface area contributed by atoms with Gasteiger partial charge in [-0.2, -0.15) is 0 Å². The van der Waals surface area contributed by atoms with Crippen molar-refractivity contribution in [1.29, 1.82) is 0 Å². The van der Waals surface area contributed by atoms with Gasteiger partial charge in [-0.05, 0) is 50.2 Å². The van der Waals surface area contributed by atoms with Gasteiger partial charge in [0.1, 0.15) is 5.75 Å². The van der Waals surface area contributed by atoms with Crippen LogP contribution in [-0.4, -0.2) is 30.3 Å². The molecule has 0 radical (unpaired) electrons. The van der Waals surface area contributed by atoms with E-state index < -0.39 is 0 Å². The van der Waals surface area contributed by atoms with Crippen LogP contribution in [0.1, 0.15) is 44.6 Å². The van der Waals surface area contributed by atoms with Crippen LogP contribution in [0.5, 0.6) is 5.75 Å². The van der Waals surface area contributed by atoms with Crippen LogP contribution in [-0.2, 0) is 11.2 Å². The fraction of sp³-hybridized carbons (Fsp3) is 0.611. The Hall–Kier alpha value is -1.55. The number of aliphatic hydroxyl groups excluding tert-OH is 1. The van der Waals surface area contributed by atoms with E-state index in [1.54, 1.807) is 0 Å². The molecule has 1 aromatic carbocycles. The Bertz CT molecular complexity index is 475. The van der Waals surface area contributed by atoms with Crippen LogP contribution in [0.15, 0.2) is 24.3 Å². The molecule has 1 amide bonds. The predicted molar refractivity (Wildman–Crippen MR) is 86.9 cm³/mol. The van der Waals surface area contributed by atoms with E-state index in [0.717, 1.165) is 37.0 Å². The third kappa shape index (κ3) is 5.34. The standard InChI is InChI=1S/C18H27NO3/c1-2-22-17-9-4-3-7-15(17)10-11-18(21)19-13-14-6-5-8-16(20)12-14/h3-4,7,9,14,16,20H,2,5-6,8,10-13H2,1H3,(H,19,21). The molecule has 0 bridgehead atoms. The van der Waals surface area contributed by atoms with Crippen LogP contribution >= 0.6 is 0 Å². The van der Waals surface area contributed by atoms with E-state index in [2.05, 4.69) is 5.32 Å². The first-order valence-electron chi connectivity index (χ1n) is 8.34. The number of carbonyl (C=O) groups excluding carboxylic acids is 1. The monoisotopic (exact) mass is 305 g/mol. The molecule has 2 unspecified atom stereocenters. The van der Waals surface area contributed by atoms with Crippen LogP contribution in [0.4, 0.5) is 0 Å². The first-order chi connectivity index (χ1) is 10.7. The molecule has 4 heteroatoms. The molecule has 0 aliphatic heterocycles. The zero-order chi connectivity index (χ0) is 15.8. The Morgan fingerprint density at radius 2 is 2.18 bits per heavy atom. The van der Waals surface area contributed by atoms with E-state index in [1.807, 2.05) is 31.2 Å². The number of aryl methyl sites for hydroxylation is 1. The van der Waals surface area contributed by atoms with Crippen LogP contribution < -0.4 is 10.1 Å². The molecule has 0 saturated heterocycles. The van der Waals surface area contributed by atoms with Crippen molar-refractivity contribution in [2.75, 3.05) is 13.2 Å².